The minimum atomic E-state index is 0.515. The van der Waals surface area contributed by atoms with Gasteiger partial charge in [-0.25, -0.2) is 0 Å². The Morgan fingerprint density at radius 1 is 1.00 bits per heavy atom. The van der Waals surface area contributed by atoms with Crippen molar-refractivity contribution in [2.45, 2.75) is 26.4 Å². The zero-order valence-electron chi connectivity index (χ0n) is 11.3. The maximum atomic E-state index is 5.28. The predicted octanol–water partition coefficient (Wildman–Crippen LogP) is 4.66. The molecule has 0 spiro atoms. The summed E-state index contributed by atoms with van der Waals surface area (Å²) in [5.74, 6) is 0. The summed E-state index contributed by atoms with van der Waals surface area (Å²) in [7, 11) is 0. The first-order valence-electron chi connectivity index (χ1n) is 6.68. The lowest BCUT2D eigenvalue weighted by Crippen LogP contribution is -1.88. The number of rotatable bonds is 6. The fourth-order valence-electron chi connectivity index (χ4n) is 1.82. The molecule has 2 rings (SSSR count). The van der Waals surface area contributed by atoms with Crippen LogP contribution in [0.1, 0.15) is 25.3 Å². The van der Waals surface area contributed by atoms with Crippen molar-refractivity contribution in [1.29, 1.82) is 0 Å². The molecule has 0 atom stereocenters. The molecule has 2 heteroatoms. The molecule has 0 bridgehead atoms. The van der Waals surface area contributed by atoms with Gasteiger partial charge in [0.15, 0.2) is 0 Å². The summed E-state index contributed by atoms with van der Waals surface area (Å²) in [5.41, 5.74) is 3.56. The molecule has 0 aliphatic heterocycles. The van der Waals surface area contributed by atoms with Crippen LogP contribution in [0.15, 0.2) is 59.8 Å². The van der Waals surface area contributed by atoms with E-state index in [9.17, 15) is 0 Å². The number of oxime groups is 1. The fraction of sp³-hybridized carbons (Fsp3) is 0.235. The highest BCUT2D eigenvalue weighted by Crippen LogP contribution is 2.20. The number of nitrogens with zero attached hydrogens (tertiary/aromatic N) is 1. The van der Waals surface area contributed by atoms with Gasteiger partial charge in [0.2, 0.25) is 0 Å². The normalized spacial score (nSPS) is 10.8. The van der Waals surface area contributed by atoms with Crippen molar-refractivity contribution in [3.8, 4) is 11.1 Å². The van der Waals surface area contributed by atoms with E-state index in [1.165, 1.54) is 11.1 Å². The molecule has 0 aromatic heterocycles. The van der Waals surface area contributed by atoms with E-state index in [-0.39, 0.29) is 0 Å². The first kappa shape index (κ1) is 13.3. The molecule has 98 valence electrons. The van der Waals surface area contributed by atoms with Gasteiger partial charge in [0.05, 0.1) is 0 Å². The Morgan fingerprint density at radius 2 is 1.79 bits per heavy atom. The van der Waals surface area contributed by atoms with Crippen LogP contribution in [0.3, 0.4) is 0 Å². The minimum Gasteiger partial charge on any atom is -0.391 e. The second-order valence-corrected chi connectivity index (χ2v) is 4.42. The number of hydrogen-bond acceptors (Lipinski definition) is 2. The molecule has 2 nitrogen and oxygen atoms in total. The van der Waals surface area contributed by atoms with Gasteiger partial charge < -0.3 is 4.84 Å². The molecular weight excluding hydrogens is 234 g/mol. The highest BCUT2D eigenvalue weighted by Gasteiger charge is 1.98. The van der Waals surface area contributed by atoms with Gasteiger partial charge in [-0.15, -0.1) is 0 Å². The van der Waals surface area contributed by atoms with Crippen LogP contribution in [0.5, 0.6) is 0 Å². The van der Waals surface area contributed by atoms with Gasteiger partial charge in [-0.05, 0) is 29.2 Å². The van der Waals surface area contributed by atoms with Gasteiger partial charge in [-0.3, -0.25) is 0 Å². The summed E-state index contributed by atoms with van der Waals surface area (Å²) in [4.78, 5) is 5.28. The Balaban J connectivity index is 2.00. The van der Waals surface area contributed by atoms with Crippen LogP contribution in [0.4, 0.5) is 0 Å². The first-order valence-corrected chi connectivity index (χ1v) is 6.68. The molecule has 0 aliphatic rings. The van der Waals surface area contributed by atoms with E-state index in [1.807, 2.05) is 24.4 Å². The standard InChI is InChI=1S/C17H19NO/c1-2-3-12-18-19-14-15-8-7-11-17(13-15)16-9-5-4-6-10-16/h4-13H,2-3,14H2,1H3. The topological polar surface area (TPSA) is 21.6 Å². The van der Waals surface area contributed by atoms with E-state index in [4.69, 9.17) is 4.84 Å². The third-order valence-corrected chi connectivity index (χ3v) is 2.83. The molecule has 0 saturated heterocycles. The molecule has 0 N–H and O–H groups in total. The van der Waals surface area contributed by atoms with Crippen molar-refractivity contribution in [2.24, 2.45) is 5.16 Å². The van der Waals surface area contributed by atoms with Crippen molar-refractivity contribution in [2.75, 3.05) is 0 Å². The second-order valence-electron chi connectivity index (χ2n) is 4.42. The third-order valence-electron chi connectivity index (χ3n) is 2.83. The van der Waals surface area contributed by atoms with E-state index < -0.39 is 0 Å². The zero-order valence-corrected chi connectivity index (χ0v) is 11.3. The monoisotopic (exact) mass is 253 g/mol. The van der Waals surface area contributed by atoms with Gasteiger partial charge in [-0.2, -0.15) is 0 Å². The summed E-state index contributed by atoms with van der Waals surface area (Å²) in [6.07, 6.45) is 3.88. The maximum Gasteiger partial charge on any atom is 0.142 e. The summed E-state index contributed by atoms with van der Waals surface area (Å²) >= 11 is 0. The van der Waals surface area contributed by atoms with Crippen molar-refractivity contribution >= 4 is 6.21 Å². The SMILES string of the molecule is CCCC=NOCc1cccc(-c2ccccc2)c1. The molecule has 0 aliphatic carbocycles. The number of unbranched alkanes of at least 4 members (excludes halogenated alkanes) is 1. The van der Waals surface area contributed by atoms with Crippen LogP contribution in [-0.2, 0) is 11.4 Å². The number of hydrogen-bond donors (Lipinski definition) is 0. The molecule has 0 radical (unpaired) electrons. The summed E-state index contributed by atoms with van der Waals surface area (Å²) in [6.45, 7) is 2.64. The second kappa shape index (κ2) is 7.37. The van der Waals surface area contributed by atoms with Crippen molar-refractivity contribution < 1.29 is 4.84 Å². The van der Waals surface area contributed by atoms with Gasteiger partial charge in [0.1, 0.15) is 6.61 Å². The summed E-state index contributed by atoms with van der Waals surface area (Å²) < 4.78 is 0. The van der Waals surface area contributed by atoms with Gasteiger partial charge in [0.25, 0.3) is 0 Å². The van der Waals surface area contributed by atoms with Gasteiger partial charge in [-0.1, -0.05) is 67.0 Å². The Bertz CT molecular complexity index is 520. The minimum absolute atomic E-state index is 0.515. The van der Waals surface area contributed by atoms with Crippen LogP contribution in [0, 0.1) is 0 Å². The Morgan fingerprint density at radius 3 is 2.58 bits per heavy atom. The van der Waals surface area contributed by atoms with Gasteiger partial charge >= 0.3 is 0 Å². The van der Waals surface area contributed by atoms with Gasteiger partial charge in [0, 0.05) is 6.21 Å². The van der Waals surface area contributed by atoms with Crippen LogP contribution in [0.25, 0.3) is 11.1 Å². The lowest BCUT2D eigenvalue weighted by atomic mass is 10.0. The van der Waals surface area contributed by atoms with E-state index in [0.717, 1.165) is 18.4 Å². The highest BCUT2D eigenvalue weighted by atomic mass is 16.6. The Labute approximate surface area is 114 Å². The van der Waals surface area contributed by atoms with E-state index >= 15 is 0 Å². The predicted molar refractivity (Wildman–Crippen MR) is 80.1 cm³/mol. The van der Waals surface area contributed by atoms with Crippen molar-refractivity contribution in [3.63, 3.8) is 0 Å². The lowest BCUT2D eigenvalue weighted by Gasteiger charge is -2.04. The molecular formula is C17H19NO. The first-order chi connectivity index (χ1) is 9.40. The van der Waals surface area contributed by atoms with Crippen LogP contribution in [0.2, 0.25) is 0 Å². The van der Waals surface area contributed by atoms with Crippen LogP contribution < -0.4 is 0 Å². The lowest BCUT2D eigenvalue weighted by molar-refractivity contribution is 0.131. The average Bonchev–Trinajstić information content (AvgIpc) is 2.48. The van der Waals surface area contributed by atoms with Crippen molar-refractivity contribution in [1.82, 2.24) is 0 Å². The van der Waals surface area contributed by atoms with Crippen molar-refractivity contribution in [3.05, 3.63) is 60.2 Å². The Kier molecular flexibility index (Phi) is 5.17. The third kappa shape index (κ3) is 4.25. The molecule has 0 saturated carbocycles. The summed E-state index contributed by atoms with van der Waals surface area (Å²) in [5, 5.41) is 3.93. The smallest absolute Gasteiger partial charge is 0.142 e. The van der Waals surface area contributed by atoms with E-state index in [1.54, 1.807) is 0 Å². The quantitative estimate of drug-likeness (QED) is 0.542. The molecule has 0 amide bonds. The molecule has 2 aromatic rings. The molecule has 0 fully saturated rings. The zero-order chi connectivity index (χ0) is 13.3. The van der Waals surface area contributed by atoms with Crippen LogP contribution in [-0.4, -0.2) is 6.21 Å². The maximum absolute atomic E-state index is 5.28. The Hall–Kier alpha value is -2.09. The fourth-order valence-corrected chi connectivity index (χ4v) is 1.82. The number of benzene rings is 2. The van der Waals surface area contributed by atoms with E-state index in [2.05, 4.69) is 48.5 Å². The molecule has 2 aromatic carbocycles. The molecule has 19 heavy (non-hydrogen) atoms. The van der Waals surface area contributed by atoms with Crippen LogP contribution >= 0.6 is 0 Å². The highest BCUT2D eigenvalue weighted by molar-refractivity contribution is 5.63. The molecule has 0 heterocycles. The van der Waals surface area contributed by atoms with E-state index in [0.29, 0.717) is 6.61 Å². The molecule has 0 unspecified atom stereocenters. The average molecular weight is 253 g/mol. The summed E-state index contributed by atoms with van der Waals surface area (Å²) in [6, 6.07) is 18.7. The largest absolute Gasteiger partial charge is 0.391 e.